The minimum atomic E-state index is -0.291. The predicted octanol–water partition coefficient (Wildman–Crippen LogP) is 4.09. The number of anilines is 1. The minimum absolute atomic E-state index is 0.173. The SMILES string of the molecule is Cc1cccn2cc(CC(=O)Nc3nc(-c4ccc(F)cc4)cs3)nc12. The first-order valence-corrected chi connectivity index (χ1v) is 8.91. The fraction of sp³-hybridized carbons (Fsp3) is 0.105. The van der Waals surface area contributed by atoms with Gasteiger partial charge < -0.3 is 9.72 Å². The van der Waals surface area contributed by atoms with Gasteiger partial charge in [0.1, 0.15) is 11.5 Å². The topological polar surface area (TPSA) is 59.3 Å². The van der Waals surface area contributed by atoms with Crippen LogP contribution in [0.15, 0.2) is 54.2 Å². The van der Waals surface area contributed by atoms with Crippen LogP contribution in [0.25, 0.3) is 16.9 Å². The highest BCUT2D eigenvalue weighted by molar-refractivity contribution is 7.14. The molecule has 1 aromatic carbocycles. The second kappa shape index (κ2) is 6.68. The first-order valence-electron chi connectivity index (χ1n) is 8.03. The Bertz CT molecular complexity index is 1080. The van der Waals surface area contributed by atoms with Crippen LogP contribution in [-0.2, 0) is 11.2 Å². The summed E-state index contributed by atoms with van der Waals surface area (Å²) in [5.74, 6) is -0.466. The molecule has 0 spiro atoms. The number of nitrogens with zero attached hydrogens (tertiary/aromatic N) is 3. The molecule has 0 atom stereocenters. The summed E-state index contributed by atoms with van der Waals surface area (Å²) in [6.07, 6.45) is 3.94. The lowest BCUT2D eigenvalue weighted by Gasteiger charge is -1.99. The highest BCUT2D eigenvalue weighted by atomic mass is 32.1. The third kappa shape index (κ3) is 3.34. The lowest BCUT2D eigenvalue weighted by molar-refractivity contribution is -0.115. The van der Waals surface area contributed by atoms with Crippen molar-refractivity contribution in [1.29, 1.82) is 0 Å². The van der Waals surface area contributed by atoms with E-state index in [0.717, 1.165) is 16.8 Å². The maximum absolute atomic E-state index is 13.0. The number of hydrogen-bond donors (Lipinski definition) is 1. The summed E-state index contributed by atoms with van der Waals surface area (Å²) in [4.78, 5) is 21.2. The van der Waals surface area contributed by atoms with Gasteiger partial charge in [0.2, 0.25) is 5.91 Å². The van der Waals surface area contributed by atoms with Gasteiger partial charge in [-0.15, -0.1) is 11.3 Å². The number of fused-ring (bicyclic) bond motifs is 1. The molecule has 0 bridgehead atoms. The number of amides is 1. The van der Waals surface area contributed by atoms with Crippen LogP contribution in [0.2, 0.25) is 0 Å². The van der Waals surface area contributed by atoms with E-state index in [9.17, 15) is 9.18 Å². The van der Waals surface area contributed by atoms with E-state index in [2.05, 4.69) is 15.3 Å². The fourth-order valence-electron chi connectivity index (χ4n) is 2.70. The lowest BCUT2D eigenvalue weighted by Crippen LogP contribution is -2.14. The van der Waals surface area contributed by atoms with Crippen molar-refractivity contribution in [3.63, 3.8) is 0 Å². The van der Waals surface area contributed by atoms with Gasteiger partial charge in [0.05, 0.1) is 17.8 Å². The normalized spacial score (nSPS) is 11.0. The predicted molar refractivity (Wildman–Crippen MR) is 99.8 cm³/mol. The van der Waals surface area contributed by atoms with Gasteiger partial charge >= 0.3 is 0 Å². The van der Waals surface area contributed by atoms with Gasteiger partial charge in [-0.1, -0.05) is 6.07 Å². The zero-order valence-electron chi connectivity index (χ0n) is 13.9. The zero-order chi connectivity index (χ0) is 18.1. The molecule has 3 aromatic heterocycles. The summed E-state index contributed by atoms with van der Waals surface area (Å²) in [5.41, 5.74) is 4.12. The number of nitrogens with one attached hydrogen (secondary N) is 1. The Labute approximate surface area is 153 Å². The van der Waals surface area contributed by atoms with Gasteiger partial charge in [0.25, 0.3) is 0 Å². The third-order valence-corrected chi connectivity index (χ3v) is 4.72. The Morgan fingerprint density at radius 3 is 2.81 bits per heavy atom. The fourth-order valence-corrected chi connectivity index (χ4v) is 3.44. The minimum Gasteiger partial charge on any atom is -0.307 e. The van der Waals surface area contributed by atoms with Crippen LogP contribution in [0.1, 0.15) is 11.3 Å². The van der Waals surface area contributed by atoms with E-state index in [1.54, 1.807) is 12.1 Å². The van der Waals surface area contributed by atoms with Crippen LogP contribution in [0.4, 0.5) is 9.52 Å². The Balaban J connectivity index is 1.46. The van der Waals surface area contributed by atoms with E-state index in [1.165, 1.54) is 23.5 Å². The van der Waals surface area contributed by atoms with Gasteiger partial charge in [0, 0.05) is 23.3 Å². The molecule has 7 heteroatoms. The zero-order valence-corrected chi connectivity index (χ0v) is 14.8. The van der Waals surface area contributed by atoms with E-state index in [-0.39, 0.29) is 18.1 Å². The molecule has 0 aliphatic carbocycles. The van der Waals surface area contributed by atoms with Crippen molar-refractivity contribution in [2.45, 2.75) is 13.3 Å². The lowest BCUT2D eigenvalue weighted by atomic mass is 10.2. The maximum atomic E-state index is 13.0. The molecule has 26 heavy (non-hydrogen) atoms. The van der Waals surface area contributed by atoms with Gasteiger partial charge in [0.15, 0.2) is 5.13 Å². The van der Waals surface area contributed by atoms with Crippen molar-refractivity contribution < 1.29 is 9.18 Å². The molecule has 0 saturated heterocycles. The van der Waals surface area contributed by atoms with Crippen LogP contribution in [0.5, 0.6) is 0 Å². The van der Waals surface area contributed by atoms with Crippen molar-refractivity contribution in [3.8, 4) is 11.3 Å². The number of thiazole rings is 1. The molecule has 0 aliphatic rings. The van der Waals surface area contributed by atoms with Crippen molar-refractivity contribution in [1.82, 2.24) is 14.4 Å². The van der Waals surface area contributed by atoms with E-state index in [0.29, 0.717) is 16.5 Å². The largest absolute Gasteiger partial charge is 0.307 e. The number of aromatic nitrogens is 3. The molecule has 0 saturated carbocycles. The molecule has 0 unspecified atom stereocenters. The summed E-state index contributed by atoms with van der Waals surface area (Å²) in [6.45, 7) is 1.98. The summed E-state index contributed by atoms with van der Waals surface area (Å²) < 4.78 is 14.9. The highest BCUT2D eigenvalue weighted by Crippen LogP contribution is 2.25. The standard InChI is InChI=1S/C19H15FN4OS/c1-12-3-2-8-24-10-15(21-18(12)24)9-17(25)23-19-22-16(11-26-19)13-4-6-14(20)7-5-13/h2-8,10-11H,9H2,1H3,(H,22,23,25). The number of carbonyl (C=O) groups is 1. The molecule has 1 N–H and O–H groups in total. The summed E-state index contributed by atoms with van der Waals surface area (Å²) in [7, 11) is 0. The molecule has 0 aliphatic heterocycles. The van der Waals surface area contributed by atoms with Crippen molar-refractivity contribution in [3.05, 3.63) is 71.2 Å². The second-order valence-electron chi connectivity index (χ2n) is 5.92. The first-order chi connectivity index (χ1) is 12.6. The molecule has 0 fully saturated rings. The van der Waals surface area contributed by atoms with Crippen LogP contribution >= 0.6 is 11.3 Å². The molecule has 4 aromatic rings. The van der Waals surface area contributed by atoms with Crippen molar-refractivity contribution in [2.24, 2.45) is 0 Å². The number of pyridine rings is 1. The van der Waals surface area contributed by atoms with Crippen molar-refractivity contribution >= 4 is 28.0 Å². The Kier molecular flexibility index (Phi) is 4.22. The third-order valence-electron chi connectivity index (χ3n) is 3.96. The molecule has 0 radical (unpaired) electrons. The highest BCUT2D eigenvalue weighted by Gasteiger charge is 2.11. The Morgan fingerprint density at radius 1 is 1.23 bits per heavy atom. The number of aryl methyl sites for hydroxylation is 1. The molecule has 130 valence electrons. The number of rotatable bonds is 4. The molecule has 1 amide bonds. The molecular formula is C19H15FN4OS. The number of halogens is 1. The smallest absolute Gasteiger partial charge is 0.232 e. The van der Waals surface area contributed by atoms with Gasteiger partial charge in [-0.05, 0) is 42.8 Å². The molecule has 3 heterocycles. The summed E-state index contributed by atoms with van der Waals surface area (Å²) in [6, 6.07) is 10.0. The quantitative estimate of drug-likeness (QED) is 0.592. The van der Waals surface area contributed by atoms with E-state index in [4.69, 9.17) is 0 Å². The van der Waals surface area contributed by atoms with Crippen molar-refractivity contribution in [2.75, 3.05) is 5.32 Å². The number of carbonyl (C=O) groups excluding carboxylic acids is 1. The average Bonchev–Trinajstić information content (AvgIpc) is 3.23. The van der Waals surface area contributed by atoms with Crippen LogP contribution in [0, 0.1) is 12.7 Å². The number of hydrogen-bond acceptors (Lipinski definition) is 4. The van der Waals surface area contributed by atoms with Gasteiger partial charge in [-0.3, -0.25) is 4.79 Å². The molecule has 4 rings (SSSR count). The number of imidazole rings is 1. The average molecular weight is 366 g/mol. The van der Waals surface area contributed by atoms with E-state index < -0.39 is 0 Å². The number of benzene rings is 1. The maximum Gasteiger partial charge on any atom is 0.232 e. The van der Waals surface area contributed by atoms with E-state index >= 15 is 0 Å². The molecular weight excluding hydrogens is 351 g/mol. The Morgan fingerprint density at radius 2 is 2.04 bits per heavy atom. The van der Waals surface area contributed by atoms with Gasteiger partial charge in [-0.25, -0.2) is 14.4 Å². The molecule has 5 nitrogen and oxygen atoms in total. The van der Waals surface area contributed by atoms with E-state index in [1.807, 2.05) is 41.2 Å². The summed E-state index contributed by atoms with van der Waals surface area (Å²) >= 11 is 1.33. The van der Waals surface area contributed by atoms with Crippen LogP contribution < -0.4 is 5.32 Å². The monoisotopic (exact) mass is 366 g/mol. The van der Waals surface area contributed by atoms with Gasteiger partial charge in [-0.2, -0.15) is 0 Å². The van der Waals surface area contributed by atoms with Crippen LogP contribution in [0.3, 0.4) is 0 Å². The van der Waals surface area contributed by atoms with Crippen LogP contribution in [-0.4, -0.2) is 20.3 Å². The summed E-state index contributed by atoms with van der Waals surface area (Å²) in [5, 5.41) is 5.14. The second-order valence-corrected chi connectivity index (χ2v) is 6.78. The Hall–Kier alpha value is -3.06. The first kappa shape index (κ1) is 16.4.